The molecule has 1 rings (SSSR count). The van der Waals surface area contributed by atoms with Gasteiger partial charge in [0.25, 0.3) is 0 Å². The van der Waals surface area contributed by atoms with Crippen LogP contribution in [0.2, 0.25) is 0 Å². The molecule has 0 spiro atoms. The monoisotopic (exact) mass is 285 g/mol. The van der Waals surface area contributed by atoms with Crippen LogP contribution in [0, 0.1) is 5.92 Å². The Hall–Kier alpha value is -0.910. The molecule has 0 aliphatic heterocycles. The molecule has 4 nitrogen and oxygen atoms in total. The van der Waals surface area contributed by atoms with Crippen LogP contribution in [0.3, 0.4) is 0 Å². The van der Waals surface area contributed by atoms with Gasteiger partial charge in [-0.3, -0.25) is 0 Å². The molecule has 0 aliphatic rings. The average Bonchev–Trinajstić information content (AvgIpc) is 2.28. The van der Waals surface area contributed by atoms with Gasteiger partial charge in [0.1, 0.15) is 0 Å². The molecular weight excluding hydrogens is 262 g/mol. The fraction of sp³-hybridized carbons (Fsp3) is 0.571. The Bertz CT molecular complexity index is 480. The van der Waals surface area contributed by atoms with E-state index < -0.39 is 10.0 Å². The summed E-state index contributed by atoms with van der Waals surface area (Å²) in [5.41, 5.74) is 0.927. The van der Waals surface area contributed by atoms with Crippen molar-refractivity contribution < 1.29 is 13.5 Å². The molecule has 5 heteroatoms. The highest BCUT2D eigenvalue weighted by molar-refractivity contribution is 7.89. The quantitative estimate of drug-likeness (QED) is 0.804. The third-order valence-corrected chi connectivity index (χ3v) is 4.42. The topological polar surface area (TPSA) is 66.4 Å². The van der Waals surface area contributed by atoms with Gasteiger partial charge in [-0.1, -0.05) is 26.0 Å². The van der Waals surface area contributed by atoms with E-state index >= 15 is 0 Å². The number of aliphatic hydroxyl groups is 1. The van der Waals surface area contributed by atoms with Crippen LogP contribution in [0.15, 0.2) is 29.2 Å². The van der Waals surface area contributed by atoms with Gasteiger partial charge < -0.3 is 5.11 Å². The first-order chi connectivity index (χ1) is 8.85. The molecular formula is C14H23NO3S. The summed E-state index contributed by atoms with van der Waals surface area (Å²) >= 11 is 0. The average molecular weight is 285 g/mol. The van der Waals surface area contributed by atoms with Crippen LogP contribution in [0.5, 0.6) is 0 Å². The number of nitrogens with one attached hydrogen (secondary N) is 1. The minimum Gasteiger partial charge on any atom is -0.396 e. The zero-order valence-corrected chi connectivity index (χ0v) is 12.6. The molecule has 0 bridgehead atoms. The Morgan fingerprint density at radius 1 is 1.16 bits per heavy atom. The Morgan fingerprint density at radius 2 is 1.74 bits per heavy atom. The summed E-state index contributed by atoms with van der Waals surface area (Å²) < 4.78 is 26.9. The molecule has 0 fully saturated rings. The molecule has 108 valence electrons. The van der Waals surface area contributed by atoms with Gasteiger partial charge in [0.05, 0.1) is 4.90 Å². The van der Waals surface area contributed by atoms with Gasteiger partial charge in [-0.15, -0.1) is 0 Å². The van der Waals surface area contributed by atoms with E-state index in [2.05, 4.69) is 18.6 Å². The van der Waals surface area contributed by atoms with E-state index in [1.807, 2.05) is 6.92 Å². The van der Waals surface area contributed by atoms with Crippen LogP contribution in [0.25, 0.3) is 0 Å². The van der Waals surface area contributed by atoms with Crippen LogP contribution in [-0.2, 0) is 16.4 Å². The predicted molar refractivity (Wildman–Crippen MR) is 76.5 cm³/mol. The maximum Gasteiger partial charge on any atom is 0.240 e. The van der Waals surface area contributed by atoms with E-state index in [9.17, 15) is 8.42 Å². The summed E-state index contributed by atoms with van der Waals surface area (Å²) in [6, 6.07) is 6.54. The van der Waals surface area contributed by atoms with Crippen molar-refractivity contribution in [2.45, 2.75) is 44.6 Å². The standard InChI is InChI=1S/C14H23NO3S/c1-11(2)10-12(3)15-19(17,18)14-6-4-13(5-7-14)8-9-16/h4-7,11-12,15-16H,8-10H2,1-3H3. The lowest BCUT2D eigenvalue weighted by Crippen LogP contribution is -2.33. The molecule has 1 atom stereocenters. The predicted octanol–water partition coefficient (Wildman–Crippen LogP) is 1.93. The number of sulfonamides is 1. The third-order valence-electron chi connectivity index (χ3n) is 2.82. The van der Waals surface area contributed by atoms with Crippen molar-refractivity contribution in [3.63, 3.8) is 0 Å². The molecule has 0 saturated carbocycles. The molecule has 0 aromatic heterocycles. The van der Waals surface area contributed by atoms with Crippen molar-refractivity contribution in [2.24, 2.45) is 5.92 Å². The fourth-order valence-electron chi connectivity index (χ4n) is 2.05. The number of aliphatic hydroxyl groups excluding tert-OH is 1. The largest absolute Gasteiger partial charge is 0.396 e. The van der Waals surface area contributed by atoms with Crippen molar-refractivity contribution >= 4 is 10.0 Å². The second-order valence-corrected chi connectivity index (χ2v) is 6.98. The maximum absolute atomic E-state index is 12.1. The third kappa shape index (κ3) is 5.30. The first-order valence-electron chi connectivity index (χ1n) is 6.57. The van der Waals surface area contributed by atoms with Gasteiger partial charge in [0, 0.05) is 12.6 Å². The van der Waals surface area contributed by atoms with E-state index in [0.717, 1.165) is 12.0 Å². The van der Waals surface area contributed by atoms with Gasteiger partial charge in [-0.25, -0.2) is 13.1 Å². The van der Waals surface area contributed by atoms with Crippen LogP contribution in [0.1, 0.15) is 32.8 Å². The highest BCUT2D eigenvalue weighted by Crippen LogP contribution is 2.13. The van der Waals surface area contributed by atoms with E-state index in [0.29, 0.717) is 12.3 Å². The molecule has 1 unspecified atom stereocenters. The summed E-state index contributed by atoms with van der Waals surface area (Å²) in [5, 5.41) is 8.82. The SMILES string of the molecule is CC(C)CC(C)NS(=O)(=O)c1ccc(CCO)cc1. The fourth-order valence-corrected chi connectivity index (χ4v) is 3.31. The van der Waals surface area contributed by atoms with Gasteiger partial charge >= 0.3 is 0 Å². The van der Waals surface area contributed by atoms with Crippen molar-refractivity contribution in [3.8, 4) is 0 Å². The first kappa shape index (κ1) is 16.1. The Labute approximate surface area is 115 Å². The van der Waals surface area contributed by atoms with Crippen LogP contribution in [-0.4, -0.2) is 26.2 Å². The molecule has 0 aliphatic carbocycles. The van der Waals surface area contributed by atoms with Gasteiger partial charge in [-0.05, 0) is 43.4 Å². The molecule has 0 amide bonds. The lowest BCUT2D eigenvalue weighted by molar-refractivity contribution is 0.299. The molecule has 19 heavy (non-hydrogen) atoms. The molecule has 0 radical (unpaired) electrons. The highest BCUT2D eigenvalue weighted by Gasteiger charge is 2.17. The van der Waals surface area contributed by atoms with Gasteiger partial charge in [0.2, 0.25) is 10.0 Å². The van der Waals surface area contributed by atoms with Crippen LogP contribution >= 0.6 is 0 Å². The van der Waals surface area contributed by atoms with E-state index in [1.54, 1.807) is 24.3 Å². The molecule has 0 saturated heterocycles. The number of benzene rings is 1. The second-order valence-electron chi connectivity index (χ2n) is 5.27. The summed E-state index contributed by atoms with van der Waals surface area (Å²) in [6.07, 6.45) is 1.35. The normalized spacial score (nSPS) is 13.7. The van der Waals surface area contributed by atoms with Gasteiger partial charge in [0.15, 0.2) is 0 Å². The molecule has 2 N–H and O–H groups in total. The Kier molecular flexibility index (Phi) is 5.97. The smallest absolute Gasteiger partial charge is 0.240 e. The lowest BCUT2D eigenvalue weighted by Gasteiger charge is -2.16. The van der Waals surface area contributed by atoms with E-state index in [-0.39, 0.29) is 17.5 Å². The lowest BCUT2D eigenvalue weighted by atomic mass is 10.1. The minimum atomic E-state index is -3.45. The van der Waals surface area contributed by atoms with Crippen molar-refractivity contribution in [2.75, 3.05) is 6.61 Å². The Balaban J connectivity index is 2.76. The van der Waals surface area contributed by atoms with Gasteiger partial charge in [-0.2, -0.15) is 0 Å². The van der Waals surface area contributed by atoms with E-state index in [1.165, 1.54) is 0 Å². The summed E-state index contributed by atoms with van der Waals surface area (Å²) in [5.74, 6) is 0.449. The molecule has 1 aromatic carbocycles. The Morgan fingerprint density at radius 3 is 2.21 bits per heavy atom. The summed E-state index contributed by atoms with van der Waals surface area (Å²) in [7, 11) is -3.45. The second kappa shape index (κ2) is 7.03. The van der Waals surface area contributed by atoms with Crippen molar-refractivity contribution in [3.05, 3.63) is 29.8 Å². The zero-order valence-electron chi connectivity index (χ0n) is 11.8. The first-order valence-corrected chi connectivity index (χ1v) is 8.05. The zero-order chi connectivity index (χ0) is 14.5. The van der Waals surface area contributed by atoms with Crippen LogP contribution < -0.4 is 4.72 Å². The number of hydrogen-bond acceptors (Lipinski definition) is 3. The van der Waals surface area contributed by atoms with Crippen molar-refractivity contribution in [1.29, 1.82) is 0 Å². The minimum absolute atomic E-state index is 0.0652. The van der Waals surface area contributed by atoms with E-state index in [4.69, 9.17) is 5.11 Å². The molecule has 1 aromatic rings. The summed E-state index contributed by atoms with van der Waals surface area (Å²) in [4.78, 5) is 0.268. The highest BCUT2D eigenvalue weighted by atomic mass is 32.2. The number of rotatable bonds is 7. The molecule has 0 heterocycles. The van der Waals surface area contributed by atoms with Crippen molar-refractivity contribution in [1.82, 2.24) is 4.72 Å². The number of hydrogen-bond donors (Lipinski definition) is 2. The maximum atomic E-state index is 12.1. The van der Waals surface area contributed by atoms with Crippen LogP contribution in [0.4, 0.5) is 0 Å². The summed E-state index contributed by atoms with van der Waals surface area (Å²) in [6.45, 7) is 6.07.